The third-order valence-electron chi connectivity index (χ3n) is 4.08. The van der Waals surface area contributed by atoms with Crippen LogP contribution in [0.2, 0.25) is 0 Å². The molecule has 1 aromatic carbocycles. The summed E-state index contributed by atoms with van der Waals surface area (Å²) in [7, 11) is 0. The van der Waals surface area contributed by atoms with E-state index in [4.69, 9.17) is 0 Å². The monoisotopic (exact) mass is 260 g/mol. The lowest BCUT2D eigenvalue weighted by molar-refractivity contribution is 0.0950. The molecule has 0 saturated heterocycles. The lowest BCUT2D eigenvalue weighted by Gasteiger charge is -2.10. The molecule has 104 valence electrons. The van der Waals surface area contributed by atoms with Crippen LogP contribution in [0.25, 0.3) is 0 Å². The third kappa shape index (κ3) is 3.28. The predicted molar refractivity (Wildman–Crippen MR) is 79.6 cm³/mol. The molecule has 3 nitrogen and oxygen atoms in total. The van der Waals surface area contributed by atoms with Crippen LogP contribution in [0.1, 0.15) is 43.1 Å². The molecule has 0 radical (unpaired) electrons. The Balaban J connectivity index is 1.95. The number of carbonyl (C=O) groups excluding carboxylic acids is 1. The van der Waals surface area contributed by atoms with Gasteiger partial charge in [0.1, 0.15) is 0 Å². The quantitative estimate of drug-likeness (QED) is 0.853. The summed E-state index contributed by atoms with van der Waals surface area (Å²) in [5.41, 5.74) is 3.28. The number of anilines is 1. The van der Waals surface area contributed by atoms with Crippen LogP contribution in [0.3, 0.4) is 0 Å². The summed E-state index contributed by atoms with van der Waals surface area (Å²) in [6.07, 6.45) is 1.21. The van der Waals surface area contributed by atoms with Crippen LogP contribution in [0, 0.1) is 18.3 Å². The summed E-state index contributed by atoms with van der Waals surface area (Å²) in [6, 6.07) is 5.90. The van der Waals surface area contributed by atoms with Crippen molar-refractivity contribution in [3.05, 3.63) is 29.3 Å². The standard InChI is InChI=1S/C16H24N2O/c1-5-17-13-6-7-14(11(2)8-13)15(19)18-10-12-9-16(12,3)4/h6-8,12,17H,5,9-10H2,1-4H3,(H,18,19). The van der Waals surface area contributed by atoms with Gasteiger partial charge in [-0.05, 0) is 55.4 Å². The highest BCUT2D eigenvalue weighted by atomic mass is 16.1. The van der Waals surface area contributed by atoms with E-state index < -0.39 is 0 Å². The van der Waals surface area contributed by atoms with Crippen molar-refractivity contribution in [3.63, 3.8) is 0 Å². The summed E-state index contributed by atoms with van der Waals surface area (Å²) in [5.74, 6) is 0.682. The number of hydrogen-bond donors (Lipinski definition) is 2. The van der Waals surface area contributed by atoms with Crippen molar-refractivity contribution < 1.29 is 4.79 Å². The molecule has 0 aliphatic heterocycles. The van der Waals surface area contributed by atoms with Crippen molar-refractivity contribution in [2.75, 3.05) is 18.4 Å². The number of nitrogens with one attached hydrogen (secondary N) is 2. The molecule has 2 N–H and O–H groups in total. The average Bonchev–Trinajstić information content (AvgIpc) is 2.95. The zero-order valence-electron chi connectivity index (χ0n) is 12.3. The van der Waals surface area contributed by atoms with Crippen LogP contribution in [0.15, 0.2) is 18.2 Å². The molecule has 0 spiro atoms. The second-order valence-corrected chi connectivity index (χ2v) is 6.16. The van der Waals surface area contributed by atoms with Crippen molar-refractivity contribution in [1.29, 1.82) is 0 Å². The molecule has 1 amide bonds. The zero-order valence-corrected chi connectivity index (χ0v) is 12.3. The van der Waals surface area contributed by atoms with Crippen molar-refractivity contribution in [2.24, 2.45) is 11.3 Å². The van der Waals surface area contributed by atoms with Gasteiger partial charge in [0.05, 0.1) is 0 Å². The Bertz CT molecular complexity index is 480. The van der Waals surface area contributed by atoms with Crippen molar-refractivity contribution in [2.45, 2.75) is 34.1 Å². The van der Waals surface area contributed by atoms with E-state index in [1.807, 2.05) is 25.1 Å². The molecular weight excluding hydrogens is 236 g/mol. The fourth-order valence-corrected chi connectivity index (χ4v) is 2.47. The van der Waals surface area contributed by atoms with Crippen LogP contribution in [-0.4, -0.2) is 19.0 Å². The highest BCUT2D eigenvalue weighted by molar-refractivity contribution is 5.96. The van der Waals surface area contributed by atoms with Crippen LogP contribution in [0.4, 0.5) is 5.69 Å². The van der Waals surface area contributed by atoms with Gasteiger partial charge in [0.2, 0.25) is 0 Å². The van der Waals surface area contributed by atoms with Crippen LogP contribution >= 0.6 is 0 Å². The molecule has 1 aromatic rings. The first-order chi connectivity index (χ1) is 8.94. The molecule has 2 rings (SSSR count). The second-order valence-electron chi connectivity index (χ2n) is 6.16. The van der Waals surface area contributed by atoms with Gasteiger partial charge < -0.3 is 10.6 Å². The largest absolute Gasteiger partial charge is 0.385 e. The number of carbonyl (C=O) groups is 1. The Kier molecular flexibility index (Phi) is 3.83. The summed E-state index contributed by atoms with van der Waals surface area (Å²) in [4.78, 5) is 12.1. The second kappa shape index (κ2) is 5.24. The van der Waals surface area contributed by atoms with Crippen LogP contribution in [-0.2, 0) is 0 Å². The predicted octanol–water partition coefficient (Wildman–Crippen LogP) is 3.20. The van der Waals surface area contributed by atoms with Gasteiger partial charge in [0.25, 0.3) is 5.91 Å². The zero-order chi connectivity index (χ0) is 14.0. The highest BCUT2D eigenvalue weighted by Gasteiger charge is 2.45. The van der Waals surface area contributed by atoms with Gasteiger partial charge in [0.15, 0.2) is 0 Å². The molecule has 0 bridgehead atoms. The lowest BCUT2D eigenvalue weighted by atomic mass is 10.1. The minimum absolute atomic E-state index is 0.0447. The van der Waals surface area contributed by atoms with E-state index in [-0.39, 0.29) is 5.91 Å². The average molecular weight is 260 g/mol. The van der Waals surface area contributed by atoms with Crippen LogP contribution < -0.4 is 10.6 Å². The van der Waals surface area contributed by atoms with E-state index in [2.05, 4.69) is 31.4 Å². The molecular formula is C16H24N2O. The summed E-state index contributed by atoms with van der Waals surface area (Å²) >= 11 is 0. The fourth-order valence-electron chi connectivity index (χ4n) is 2.47. The first-order valence-electron chi connectivity index (χ1n) is 7.07. The van der Waals surface area contributed by atoms with Crippen molar-refractivity contribution >= 4 is 11.6 Å². The summed E-state index contributed by atoms with van der Waals surface area (Å²) in [5, 5.41) is 6.30. The van der Waals surface area contributed by atoms with E-state index in [0.29, 0.717) is 11.3 Å². The first kappa shape index (κ1) is 13.9. The lowest BCUT2D eigenvalue weighted by Crippen LogP contribution is -2.27. The van der Waals surface area contributed by atoms with Crippen molar-refractivity contribution in [3.8, 4) is 0 Å². The molecule has 1 fully saturated rings. The molecule has 1 unspecified atom stereocenters. The first-order valence-corrected chi connectivity index (χ1v) is 7.07. The van der Waals surface area contributed by atoms with Gasteiger partial charge in [-0.25, -0.2) is 0 Å². The normalized spacial score (nSPS) is 19.9. The number of rotatable bonds is 5. The van der Waals surface area contributed by atoms with E-state index in [1.54, 1.807) is 0 Å². The van der Waals surface area contributed by atoms with Crippen molar-refractivity contribution in [1.82, 2.24) is 5.32 Å². The van der Waals surface area contributed by atoms with E-state index in [0.717, 1.165) is 29.9 Å². The Morgan fingerprint density at radius 3 is 2.63 bits per heavy atom. The smallest absolute Gasteiger partial charge is 0.251 e. The van der Waals surface area contributed by atoms with Gasteiger partial charge in [0, 0.05) is 24.3 Å². The SMILES string of the molecule is CCNc1ccc(C(=O)NCC2CC2(C)C)c(C)c1. The molecule has 1 saturated carbocycles. The van der Waals surface area contributed by atoms with Crippen LogP contribution in [0.5, 0.6) is 0 Å². The fraction of sp³-hybridized carbons (Fsp3) is 0.562. The highest BCUT2D eigenvalue weighted by Crippen LogP contribution is 2.50. The van der Waals surface area contributed by atoms with Gasteiger partial charge in [-0.1, -0.05) is 13.8 Å². The number of benzene rings is 1. The van der Waals surface area contributed by atoms with E-state index in [9.17, 15) is 4.79 Å². The molecule has 0 heterocycles. The topological polar surface area (TPSA) is 41.1 Å². The number of amides is 1. The molecule has 1 aliphatic rings. The summed E-state index contributed by atoms with van der Waals surface area (Å²) < 4.78 is 0. The molecule has 19 heavy (non-hydrogen) atoms. The Hall–Kier alpha value is -1.51. The van der Waals surface area contributed by atoms with E-state index in [1.165, 1.54) is 6.42 Å². The Labute approximate surface area is 115 Å². The maximum Gasteiger partial charge on any atom is 0.251 e. The number of aryl methyl sites for hydroxylation is 1. The maximum atomic E-state index is 12.1. The molecule has 0 aromatic heterocycles. The van der Waals surface area contributed by atoms with Gasteiger partial charge in [-0.15, -0.1) is 0 Å². The minimum Gasteiger partial charge on any atom is -0.385 e. The third-order valence-corrected chi connectivity index (χ3v) is 4.08. The van der Waals surface area contributed by atoms with Gasteiger partial charge in [-0.3, -0.25) is 4.79 Å². The Morgan fingerprint density at radius 1 is 1.42 bits per heavy atom. The summed E-state index contributed by atoms with van der Waals surface area (Å²) in [6.45, 7) is 10.2. The number of hydrogen-bond acceptors (Lipinski definition) is 2. The maximum absolute atomic E-state index is 12.1. The Morgan fingerprint density at radius 2 is 2.11 bits per heavy atom. The van der Waals surface area contributed by atoms with Gasteiger partial charge in [-0.2, -0.15) is 0 Å². The van der Waals surface area contributed by atoms with Gasteiger partial charge >= 0.3 is 0 Å². The molecule has 1 aliphatic carbocycles. The minimum atomic E-state index is 0.0447. The van der Waals surface area contributed by atoms with E-state index >= 15 is 0 Å². The molecule has 1 atom stereocenters. The molecule has 3 heteroatoms.